The summed E-state index contributed by atoms with van der Waals surface area (Å²) in [5.74, 6) is 0.750. The lowest BCUT2D eigenvalue weighted by atomic mass is 9.75. The molecule has 3 fully saturated rings. The summed E-state index contributed by atoms with van der Waals surface area (Å²) in [4.78, 5) is 28.6. The molecule has 0 aromatic rings. The van der Waals surface area contributed by atoms with Gasteiger partial charge in [0.05, 0.1) is 12.2 Å². The van der Waals surface area contributed by atoms with Crippen molar-refractivity contribution in [1.82, 2.24) is 9.80 Å². The number of piperidine rings is 1. The Hall–Kier alpha value is -1.10. The van der Waals surface area contributed by atoms with Crippen molar-refractivity contribution in [2.45, 2.75) is 58.2 Å². The second-order valence-corrected chi connectivity index (χ2v) is 7.31. The number of nitrogens with zero attached hydrogens (tertiary/aromatic N) is 2. The molecule has 2 amide bonds. The predicted octanol–water partition coefficient (Wildman–Crippen LogP) is 1.66. The van der Waals surface area contributed by atoms with Gasteiger partial charge in [-0.05, 0) is 38.5 Å². The Morgan fingerprint density at radius 1 is 0.818 bits per heavy atom. The second kappa shape index (κ2) is 6.57. The number of morpholine rings is 1. The minimum atomic E-state index is -0.337. The average molecular weight is 308 g/mol. The van der Waals surface area contributed by atoms with Crippen LogP contribution in [-0.4, -0.2) is 60.0 Å². The van der Waals surface area contributed by atoms with Crippen LogP contribution in [0, 0.1) is 11.8 Å². The summed E-state index contributed by atoms with van der Waals surface area (Å²) in [6.45, 7) is 6.48. The van der Waals surface area contributed by atoms with E-state index >= 15 is 0 Å². The van der Waals surface area contributed by atoms with Crippen LogP contribution in [-0.2, 0) is 14.3 Å². The van der Waals surface area contributed by atoms with Crippen molar-refractivity contribution in [1.29, 1.82) is 0 Å². The lowest BCUT2D eigenvalue weighted by molar-refractivity contribution is -0.159. The van der Waals surface area contributed by atoms with Gasteiger partial charge in [0.25, 0.3) is 0 Å². The largest absolute Gasteiger partial charge is 0.372 e. The molecule has 0 N–H and O–H groups in total. The van der Waals surface area contributed by atoms with E-state index in [4.69, 9.17) is 4.74 Å². The first-order valence-corrected chi connectivity index (χ1v) is 8.78. The van der Waals surface area contributed by atoms with E-state index < -0.39 is 0 Å². The molecule has 22 heavy (non-hydrogen) atoms. The number of fused-ring (bicyclic) bond motifs is 1. The summed E-state index contributed by atoms with van der Waals surface area (Å²) >= 11 is 0. The van der Waals surface area contributed by atoms with Crippen molar-refractivity contribution in [3.05, 3.63) is 0 Å². The van der Waals surface area contributed by atoms with Crippen LogP contribution >= 0.6 is 0 Å². The summed E-state index contributed by atoms with van der Waals surface area (Å²) < 4.78 is 5.64. The fraction of sp³-hybridized carbons (Fsp3) is 0.882. The Balaban J connectivity index is 1.59. The number of hydrogen-bond donors (Lipinski definition) is 0. The third-order valence-electron chi connectivity index (χ3n) is 5.47. The molecule has 4 atom stereocenters. The van der Waals surface area contributed by atoms with Gasteiger partial charge in [0, 0.05) is 26.2 Å². The van der Waals surface area contributed by atoms with E-state index in [-0.39, 0.29) is 24.0 Å². The smallest absolute Gasteiger partial charge is 0.312 e. The summed E-state index contributed by atoms with van der Waals surface area (Å²) in [7, 11) is 0. The maximum atomic E-state index is 12.6. The van der Waals surface area contributed by atoms with Gasteiger partial charge in [0.2, 0.25) is 0 Å². The first-order chi connectivity index (χ1) is 10.5. The zero-order valence-electron chi connectivity index (χ0n) is 13.8. The van der Waals surface area contributed by atoms with E-state index in [2.05, 4.69) is 0 Å². The highest BCUT2D eigenvalue weighted by molar-refractivity contribution is 6.34. The van der Waals surface area contributed by atoms with Crippen molar-refractivity contribution in [2.24, 2.45) is 11.8 Å². The number of rotatable bonds is 0. The molecule has 0 aromatic heterocycles. The van der Waals surface area contributed by atoms with Crippen LogP contribution < -0.4 is 0 Å². The normalized spacial score (nSPS) is 35.9. The standard InChI is InChI=1S/C17H28N2O3/c1-12-9-19(10-13(2)22-12)17(21)16(20)18-8-7-14-5-3-4-6-15(14)11-18/h12-15H,3-11H2,1-2H3/t12-,13+,14?,15?. The molecule has 0 bridgehead atoms. The highest BCUT2D eigenvalue weighted by atomic mass is 16.5. The molecular formula is C17H28N2O3. The highest BCUT2D eigenvalue weighted by Crippen LogP contribution is 2.36. The number of carbonyl (C=O) groups excluding carboxylic acids is 2. The van der Waals surface area contributed by atoms with E-state index in [1.54, 1.807) is 9.80 Å². The molecular weight excluding hydrogens is 280 g/mol. The van der Waals surface area contributed by atoms with Crippen molar-refractivity contribution in [2.75, 3.05) is 26.2 Å². The Bertz CT molecular complexity index is 430. The molecule has 1 saturated carbocycles. The van der Waals surface area contributed by atoms with Gasteiger partial charge in [0.15, 0.2) is 0 Å². The summed E-state index contributed by atoms with van der Waals surface area (Å²) in [5.41, 5.74) is 0. The quantitative estimate of drug-likeness (QED) is 0.640. The maximum absolute atomic E-state index is 12.6. The van der Waals surface area contributed by atoms with Gasteiger partial charge in [-0.15, -0.1) is 0 Å². The molecule has 0 spiro atoms. The fourth-order valence-corrected chi connectivity index (χ4v) is 4.40. The van der Waals surface area contributed by atoms with Crippen LogP contribution in [0.3, 0.4) is 0 Å². The Labute approximate surface area is 133 Å². The van der Waals surface area contributed by atoms with E-state index in [1.807, 2.05) is 13.8 Å². The molecule has 2 unspecified atom stereocenters. The van der Waals surface area contributed by atoms with Crippen molar-refractivity contribution >= 4 is 11.8 Å². The third-order valence-corrected chi connectivity index (χ3v) is 5.47. The predicted molar refractivity (Wildman–Crippen MR) is 83.2 cm³/mol. The van der Waals surface area contributed by atoms with Gasteiger partial charge < -0.3 is 14.5 Å². The number of hydrogen-bond acceptors (Lipinski definition) is 3. The van der Waals surface area contributed by atoms with Crippen LogP contribution in [0.4, 0.5) is 0 Å². The molecule has 2 aliphatic heterocycles. The first kappa shape index (κ1) is 15.8. The minimum Gasteiger partial charge on any atom is -0.372 e. The van der Waals surface area contributed by atoms with Gasteiger partial charge in [0.1, 0.15) is 0 Å². The third kappa shape index (κ3) is 3.29. The Kier molecular flexibility index (Phi) is 4.71. The van der Waals surface area contributed by atoms with Gasteiger partial charge in [-0.2, -0.15) is 0 Å². The Morgan fingerprint density at radius 2 is 1.41 bits per heavy atom. The summed E-state index contributed by atoms with van der Waals surface area (Å²) in [6, 6.07) is 0. The first-order valence-electron chi connectivity index (χ1n) is 8.78. The van der Waals surface area contributed by atoms with Crippen LogP contribution in [0.25, 0.3) is 0 Å². The van der Waals surface area contributed by atoms with Gasteiger partial charge in [-0.3, -0.25) is 9.59 Å². The molecule has 2 heterocycles. The zero-order valence-corrected chi connectivity index (χ0v) is 13.8. The van der Waals surface area contributed by atoms with Crippen molar-refractivity contribution < 1.29 is 14.3 Å². The monoisotopic (exact) mass is 308 g/mol. The maximum Gasteiger partial charge on any atom is 0.312 e. The molecule has 3 rings (SSSR count). The van der Waals surface area contributed by atoms with E-state index in [0.29, 0.717) is 19.0 Å². The van der Waals surface area contributed by atoms with Crippen molar-refractivity contribution in [3.63, 3.8) is 0 Å². The van der Waals surface area contributed by atoms with E-state index in [1.165, 1.54) is 25.7 Å². The lowest BCUT2D eigenvalue weighted by Crippen LogP contribution is -2.55. The van der Waals surface area contributed by atoms with Crippen LogP contribution in [0.2, 0.25) is 0 Å². The van der Waals surface area contributed by atoms with E-state index in [9.17, 15) is 9.59 Å². The molecule has 3 aliphatic rings. The molecule has 124 valence electrons. The van der Waals surface area contributed by atoms with E-state index in [0.717, 1.165) is 25.4 Å². The highest BCUT2D eigenvalue weighted by Gasteiger charge is 2.37. The number of amides is 2. The minimum absolute atomic E-state index is 0.00424. The molecule has 5 heteroatoms. The molecule has 0 radical (unpaired) electrons. The molecule has 0 aromatic carbocycles. The van der Waals surface area contributed by atoms with Crippen molar-refractivity contribution in [3.8, 4) is 0 Å². The number of ether oxygens (including phenoxy) is 1. The fourth-order valence-electron chi connectivity index (χ4n) is 4.40. The van der Waals surface area contributed by atoms with Crippen LogP contribution in [0.5, 0.6) is 0 Å². The van der Waals surface area contributed by atoms with Crippen LogP contribution in [0.15, 0.2) is 0 Å². The molecule has 2 saturated heterocycles. The topological polar surface area (TPSA) is 49.9 Å². The average Bonchev–Trinajstić information content (AvgIpc) is 2.52. The SMILES string of the molecule is C[C@@H]1CN(C(=O)C(=O)N2CCC3CCCCC3C2)C[C@H](C)O1. The second-order valence-electron chi connectivity index (χ2n) is 7.31. The number of carbonyl (C=O) groups is 2. The van der Waals surface area contributed by atoms with Crippen LogP contribution in [0.1, 0.15) is 46.0 Å². The molecule has 1 aliphatic carbocycles. The number of likely N-dealkylation sites (tertiary alicyclic amines) is 1. The zero-order chi connectivity index (χ0) is 15.7. The van der Waals surface area contributed by atoms with Gasteiger partial charge in [-0.25, -0.2) is 0 Å². The Morgan fingerprint density at radius 3 is 2.09 bits per heavy atom. The summed E-state index contributed by atoms with van der Waals surface area (Å²) in [6.07, 6.45) is 6.20. The van der Waals surface area contributed by atoms with Gasteiger partial charge >= 0.3 is 11.8 Å². The lowest BCUT2D eigenvalue weighted by Gasteiger charge is -2.42. The molecule has 5 nitrogen and oxygen atoms in total. The summed E-state index contributed by atoms with van der Waals surface area (Å²) in [5, 5.41) is 0. The van der Waals surface area contributed by atoms with Gasteiger partial charge in [-0.1, -0.05) is 19.3 Å².